The zero-order valence-corrected chi connectivity index (χ0v) is 19.8. The third-order valence-corrected chi connectivity index (χ3v) is 5.94. The van der Waals surface area contributed by atoms with Crippen LogP contribution in [0.5, 0.6) is 11.5 Å². The minimum absolute atomic E-state index is 0.0646. The lowest BCUT2D eigenvalue weighted by Crippen LogP contribution is -2.22. The average Bonchev–Trinajstić information content (AvgIpc) is 3.19. The number of ether oxygens (including phenoxy) is 1. The Hall–Kier alpha value is -4.32. The molecular formula is C23H22N6O5S. The molecule has 0 saturated carbocycles. The van der Waals surface area contributed by atoms with E-state index < -0.39 is 9.84 Å². The Morgan fingerprint density at radius 3 is 2.46 bits per heavy atom. The first kappa shape index (κ1) is 23.8. The van der Waals surface area contributed by atoms with Crippen LogP contribution in [0.4, 0.5) is 5.82 Å². The highest BCUT2D eigenvalue weighted by Gasteiger charge is 2.13. The Morgan fingerprint density at radius 1 is 1.06 bits per heavy atom. The minimum atomic E-state index is -3.34. The van der Waals surface area contributed by atoms with Gasteiger partial charge in [0.25, 0.3) is 5.56 Å². The van der Waals surface area contributed by atoms with Crippen LogP contribution >= 0.6 is 0 Å². The summed E-state index contributed by atoms with van der Waals surface area (Å²) in [4.78, 5) is 29.3. The molecule has 0 aliphatic carbocycles. The standard InChI is InChI=1S/C23H22N6O5S/c1-28-11-9-21(27-28)26-22(30)14-16-12-19(34-18-5-7-20(8-6-18)35(2,32)33)13-17(25-16)15-29-23(31)4-3-10-24-29/h3-13H,14-15H2,1-2H3,(H,26,27,30). The molecule has 0 saturated heterocycles. The van der Waals surface area contributed by atoms with Crippen LogP contribution in [0.3, 0.4) is 0 Å². The van der Waals surface area contributed by atoms with Gasteiger partial charge in [0, 0.05) is 50.0 Å². The van der Waals surface area contributed by atoms with Gasteiger partial charge in [0.05, 0.1) is 29.2 Å². The molecule has 35 heavy (non-hydrogen) atoms. The van der Waals surface area contributed by atoms with E-state index >= 15 is 0 Å². The second-order valence-corrected chi connectivity index (χ2v) is 9.77. The molecule has 180 valence electrons. The molecule has 1 aromatic carbocycles. The SMILES string of the molecule is Cn1ccc(NC(=O)Cc2cc(Oc3ccc(S(C)(=O)=O)cc3)cc(Cn3ncccc3=O)n2)n1. The van der Waals surface area contributed by atoms with Gasteiger partial charge in [-0.25, -0.2) is 13.1 Å². The van der Waals surface area contributed by atoms with Gasteiger partial charge in [-0.1, -0.05) is 0 Å². The molecule has 0 spiro atoms. The lowest BCUT2D eigenvalue weighted by atomic mass is 10.2. The second-order valence-electron chi connectivity index (χ2n) is 7.75. The number of anilines is 1. The van der Waals surface area contributed by atoms with Crippen LogP contribution in [0.25, 0.3) is 0 Å². The van der Waals surface area contributed by atoms with E-state index in [0.717, 1.165) is 6.26 Å². The van der Waals surface area contributed by atoms with Crippen molar-refractivity contribution in [2.24, 2.45) is 7.05 Å². The molecule has 3 heterocycles. The van der Waals surface area contributed by atoms with Gasteiger partial charge >= 0.3 is 0 Å². The summed E-state index contributed by atoms with van der Waals surface area (Å²) in [7, 11) is -1.60. The van der Waals surface area contributed by atoms with Crippen molar-refractivity contribution in [3.63, 3.8) is 0 Å². The fraction of sp³-hybridized carbons (Fsp3) is 0.174. The van der Waals surface area contributed by atoms with Gasteiger partial charge in [-0.05, 0) is 30.3 Å². The van der Waals surface area contributed by atoms with Crippen molar-refractivity contribution < 1.29 is 17.9 Å². The van der Waals surface area contributed by atoms with Crippen molar-refractivity contribution in [3.05, 3.63) is 88.7 Å². The number of carbonyl (C=O) groups is 1. The lowest BCUT2D eigenvalue weighted by Gasteiger charge is -2.11. The largest absolute Gasteiger partial charge is 0.457 e. The lowest BCUT2D eigenvalue weighted by molar-refractivity contribution is -0.115. The smallest absolute Gasteiger partial charge is 0.267 e. The number of sulfone groups is 1. The van der Waals surface area contributed by atoms with Crippen LogP contribution in [-0.2, 0) is 34.6 Å². The first-order valence-corrected chi connectivity index (χ1v) is 12.3. The molecule has 0 aliphatic heterocycles. The van der Waals surface area contributed by atoms with Crippen molar-refractivity contribution in [3.8, 4) is 11.5 Å². The molecule has 0 fully saturated rings. The van der Waals surface area contributed by atoms with Gasteiger partial charge in [-0.2, -0.15) is 10.2 Å². The number of nitrogens with one attached hydrogen (secondary N) is 1. The highest BCUT2D eigenvalue weighted by molar-refractivity contribution is 7.90. The van der Waals surface area contributed by atoms with Gasteiger partial charge in [0.1, 0.15) is 11.5 Å². The zero-order valence-electron chi connectivity index (χ0n) is 19.0. The molecule has 11 nitrogen and oxygen atoms in total. The third-order valence-electron chi connectivity index (χ3n) is 4.81. The summed E-state index contributed by atoms with van der Waals surface area (Å²) in [6.45, 7) is 0.0682. The van der Waals surface area contributed by atoms with E-state index in [2.05, 4.69) is 20.5 Å². The number of rotatable bonds is 8. The van der Waals surface area contributed by atoms with E-state index in [1.54, 1.807) is 42.2 Å². The maximum absolute atomic E-state index is 12.6. The van der Waals surface area contributed by atoms with Crippen molar-refractivity contribution in [1.29, 1.82) is 0 Å². The molecule has 3 aromatic heterocycles. The summed E-state index contributed by atoms with van der Waals surface area (Å²) in [6.07, 6.45) is 4.26. The number of carbonyl (C=O) groups excluding carboxylic acids is 1. The molecule has 0 bridgehead atoms. The Bertz CT molecular complexity index is 1530. The molecule has 4 rings (SSSR count). The summed E-state index contributed by atoms with van der Waals surface area (Å²) in [5.41, 5.74) is 0.561. The maximum atomic E-state index is 12.6. The number of nitrogens with zero attached hydrogens (tertiary/aromatic N) is 5. The molecule has 0 unspecified atom stereocenters. The zero-order chi connectivity index (χ0) is 25.0. The van der Waals surface area contributed by atoms with Crippen molar-refractivity contribution in [2.45, 2.75) is 17.9 Å². The summed E-state index contributed by atoms with van der Waals surface area (Å²) >= 11 is 0. The highest BCUT2D eigenvalue weighted by atomic mass is 32.2. The molecule has 12 heteroatoms. The monoisotopic (exact) mass is 494 g/mol. The summed E-state index contributed by atoms with van der Waals surface area (Å²) in [6, 6.07) is 13.8. The molecule has 4 aromatic rings. The van der Waals surface area contributed by atoms with Crippen LogP contribution in [0, 0.1) is 0 Å². The van der Waals surface area contributed by atoms with Crippen molar-refractivity contribution in [1.82, 2.24) is 24.5 Å². The van der Waals surface area contributed by atoms with Crippen molar-refractivity contribution in [2.75, 3.05) is 11.6 Å². The Labute approximate surface area is 200 Å². The fourth-order valence-electron chi connectivity index (χ4n) is 3.23. The molecule has 1 amide bonds. The molecular weight excluding hydrogens is 472 g/mol. The maximum Gasteiger partial charge on any atom is 0.267 e. The number of amides is 1. The van der Waals surface area contributed by atoms with Crippen molar-refractivity contribution >= 4 is 21.6 Å². The van der Waals surface area contributed by atoms with E-state index in [9.17, 15) is 18.0 Å². The van der Waals surface area contributed by atoms with E-state index in [1.165, 1.54) is 41.2 Å². The van der Waals surface area contributed by atoms with E-state index in [4.69, 9.17) is 4.74 Å². The summed E-state index contributed by atoms with van der Waals surface area (Å²) in [5.74, 6) is 0.850. The second kappa shape index (κ2) is 9.89. The Kier molecular flexibility index (Phi) is 6.73. The van der Waals surface area contributed by atoms with Crippen LogP contribution in [-0.4, -0.2) is 45.1 Å². The van der Waals surface area contributed by atoms with Gasteiger partial charge in [-0.15, -0.1) is 0 Å². The predicted molar refractivity (Wildman–Crippen MR) is 127 cm³/mol. The van der Waals surface area contributed by atoms with Crippen LogP contribution in [0.15, 0.2) is 76.7 Å². The number of aryl methyl sites for hydroxylation is 1. The fourth-order valence-corrected chi connectivity index (χ4v) is 3.86. The van der Waals surface area contributed by atoms with E-state index in [-0.39, 0.29) is 29.3 Å². The predicted octanol–water partition coefficient (Wildman–Crippen LogP) is 1.80. The van der Waals surface area contributed by atoms with Gasteiger partial charge < -0.3 is 10.1 Å². The highest BCUT2D eigenvalue weighted by Crippen LogP contribution is 2.25. The Morgan fingerprint density at radius 2 is 1.80 bits per heavy atom. The first-order chi connectivity index (χ1) is 16.7. The quantitative estimate of drug-likeness (QED) is 0.391. The third kappa shape index (κ3) is 6.38. The van der Waals surface area contributed by atoms with Gasteiger partial charge in [0.15, 0.2) is 15.7 Å². The summed E-state index contributed by atoms with van der Waals surface area (Å²) in [5, 5.41) is 10.9. The molecule has 0 radical (unpaired) electrons. The number of hydrogen-bond donors (Lipinski definition) is 1. The van der Waals surface area contributed by atoms with E-state index in [0.29, 0.717) is 28.7 Å². The van der Waals surface area contributed by atoms with E-state index in [1.807, 2.05) is 0 Å². The summed E-state index contributed by atoms with van der Waals surface area (Å²) < 4.78 is 32.1. The average molecular weight is 495 g/mol. The van der Waals surface area contributed by atoms with Crippen LogP contribution < -0.4 is 15.6 Å². The molecule has 0 aliphatic rings. The Balaban J connectivity index is 1.60. The minimum Gasteiger partial charge on any atom is -0.457 e. The van der Waals surface area contributed by atoms with Crippen LogP contribution in [0.1, 0.15) is 11.4 Å². The first-order valence-electron chi connectivity index (χ1n) is 10.5. The number of pyridine rings is 1. The number of benzene rings is 1. The molecule has 0 atom stereocenters. The molecule has 1 N–H and O–H groups in total. The number of hydrogen-bond acceptors (Lipinski definition) is 8. The topological polar surface area (TPSA) is 138 Å². The number of aromatic nitrogens is 5. The van der Waals surface area contributed by atoms with Gasteiger partial charge in [0.2, 0.25) is 5.91 Å². The normalized spacial score (nSPS) is 11.3. The van der Waals surface area contributed by atoms with Gasteiger partial charge in [-0.3, -0.25) is 19.3 Å². The van der Waals surface area contributed by atoms with Crippen LogP contribution in [0.2, 0.25) is 0 Å².